The number of nitrogens with one attached hydrogen (secondary N) is 1. The summed E-state index contributed by atoms with van der Waals surface area (Å²) in [7, 11) is 0. The average molecular weight is 287 g/mol. The second-order valence-electron chi connectivity index (χ2n) is 3.98. The van der Waals surface area contributed by atoms with Crippen LogP contribution < -0.4 is 5.32 Å². The minimum absolute atomic E-state index is 0.113. The summed E-state index contributed by atoms with van der Waals surface area (Å²) in [5.74, 6) is 0. The molecule has 16 heavy (non-hydrogen) atoms. The van der Waals surface area contributed by atoms with Crippen LogP contribution in [0.25, 0.3) is 0 Å². The quantitative estimate of drug-likeness (QED) is 0.918. The van der Waals surface area contributed by atoms with E-state index < -0.39 is 0 Å². The van der Waals surface area contributed by atoms with Crippen LogP contribution in [-0.2, 0) is 0 Å². The van der Waals surface area contributed by atoms with E-state index in [-0.39, 0.29) is 12.7 Å². The summed E-state index contributed by atoms with van der Waals surface area (Å²) in [5, 5.41) is 3.28. The van der Waals surface area contributed by atoms with Crippen LogP contribution in [0.5, 0.6) is 0 Å². The minimum Gasteiger partial charge on any atom is -0.314 e. The summed E-state index contributed by atoms with van der Waals surface area (Å²) in [6, 6.07) is 7.78. The van der Waals surface area contributed by atoms with Crippen LogP contribution in [0, 0.1) is 0 Å². The Hall–Kier alpha value is -0.450. The van der Waals surface area contributed by atoms with Gasteiger partial charge in [0.05, 0.1) is 6.04 Å². The average Bonchev–Trinajstić information content (AvgIpc) is 2.34. The van der Waals surface area contributed by atoms with Crippen molar-refractivity contribution in [1.29, 1.82) is 0 Å². The van der Waals surface area contributed by atoms with Gasteiger partial charge >= 0.3 is 0 Å². The summed E-state index contributed by atoms with van der Waals surface area (Å²) in [6.07, 6.45) is 0. The minimum atomic E-state index is -0.331. The number of nitrogens with zero attached hydrogens (tertiary/aromatic N) is 1. The van der Waals surface area contributed by atoms with Crippen LogP contribution in [0.1, 0.15) is 11.6 Å². The fourth-order valence-corrected chi connectivity index (χ4v) is 2.67. The maximum atomic E-state index is 13.2. The van der Waals surface area contributed by atoms with Crippen molar-refractivity contribution in [3.8, 4) is 0 Å². The van der Waals surface area contributed by atoms with E-state index in [9.17, 15) is 4.39 Å². The smallest absolute Gasteiger partial charge is 0.109 e. The number of halogens is 2. The maximum Gasteiger partial charge on any atom is 0.109 e. The van der Waals surface area contributed by atoms with Gasteiger partial charge in [0.25, 0.3) is 0 Å². The van der Waals surface area contributed by atoms with Crippen LogP contribution >= 0.6 is 15.9 Å². The molecule has 0 aromatic heterocycles. The van der Waals surface area contributed by atoms with E-state index in [2.05, 4.69) is 26.1 Å². The fraction of sp³-hybridized carbons (Fsp3) is 0.500. The van der Waals surface area contributed by atoms with Gasteiger partial charge in [0.15, 0.2) is 0 Å². The van der Waals surface area contributed by atoms with Gasteiger partial charge in [-0.1, -0.05) is 34.1 Å². The van der Waals surface area contributed by atoms with E-state index in [4.69, 9.17) is 0 Å². The molecule has 0 bridgehead atoms. The van der Waals surface area contributed by atoms with Gasteiger partial charge in [-0.25, -0.2) is 4.39 Å². The first-order valence-electron chi connectivity index (χ1n) is 5.58. The molecule has 1 aliphatic heterocycles. The van der Waals surface area contributed by atoms with Crippen LogP contribution in [0.3, 0.4) is 0 Å². The lowest BCUT2D eigenvalue weighted by Crippen LogP contribution is -2.45. The molecule has 88 valence electrons. The second-order valence-corrected chi connectivity index (χ2v) is 4.83. The number of rotatable bonds is 3. The van der Waals surface area contributed by atoms with Crippen molar-refractivity contribution < 1.29 is 4.39 Å². The Labute approximate surface area is 104 Å². The molecule has 0 amide bonds. The van der Waals surface area contributed by atoms with Crippen LogP contribution in [0.4, 0.5) is 4.39 Å². The molecule has 1 atom stereocenters. The summed E-state index contributed by atoms with van der Waals surface area (Å²) in [6.45, 7) is 3.39. The topological polar surface area (TPSA) is 15.3 Å². The van der Waals surface area contributed by atoms with Gasteiger partial charge in [-0.05, 0) is 11.6 Å². The zero-order chi connectivity index (χ0) is 11.4. The van der Waals surface area contributed by atoms with Crippen LogP contribution in [0.15, 0.2) is 28.7 Å². The lowest BCUT2D eigenvalue weighted by Gasteiger charge is -2.34. The number of hydrogen-bond donors (Lipinski definition) is 1. The first-order valence-corrected chi connectivity index (χ1v) is 6.37. The Morgan fingerprint density at radius 2 is 2.00 bits per heavy atom. The number of hydrogen-bond acceptors (Lipinski definition) is 2. The van der Waals surface area contributed by atoms with E-state index in [1.54, 1.807) is 0 Å². The second kappa shape index (κ2) is 5.75. The number of benzene rings is 1. The summed E-state index contributed by atoms with van der Waals surface area (Å²) in [5.41, 5.74) is 1.05. The molecule has 0 unspecified atom stereocenters. The molecule has 0 aliphatic carbocycles. The van der Waals surface area contributed by atoms with Crippen molar-refractivity contribution in [1.82, 2.24) is 10.2 Å². The van der Waals surface area contributed by atoms with Gasteiger partial charge in [0.2, 0.25) is 0 Å². The molecule has 1 aromatic carbocycles. The molecule has 0 saturated carbocycles. The molecule has 1 aromatic rings. The van der Waals surface area contributed by atoms with E-state index in [0.29, 0.717) is 0 Å². The Balaban J connectivity index is 2.18. The molecule has 1 N–H and O–H groups in total. The molecule has 1 saturated heterocycles. The molecule has 2 rings (SSSR count). The zero-order valence-corrected chi connectivity index (χ0v) is 10.7. The van der Waals surface area contributed by atoms with Crippen molar-refractivity contribution in [2.45, 2.75) is 6.04 Å². The first kappa shape index (κ1) is 12.0. The lowest BCUT2D eigenvalue weighted by atomic mass is 10.1. The van der Waals surface area contributed by atoms with Gasteiger partial charge in [0, 0.05) is 30.7 Å². The van der Waals surface area contributed by atoms with Crippen molar-refractivity contribution in [3.05, 3.63) is 34.3 Å². The van der Waals surface area contributed by atoms with Crippen LogP contribution in [0.2, 0.25) is 0 Å². The van der Waals surface area contributed by atoms with Gasteiger partial charge < -0.3 is 5.32 Å². The highest BCUT2D eigenvalue weighted by Crippen LogP contribution is 2.28. The lowest BCUT2D eigenvalue weighted by molar-refractivity contribution is 0.147. The maximum absolute atomic E-state index is 13.2. The first-order chi connectivity index (χ1) is 7.83. The standard InChI is InChI=1S/C12H16BrFN2/c13-11-4-2-1-3-10(11)12(9-14)16-7-5-15-6-8-16/h1-4,12,15H,5-9H2/t12-/m0/s1. The summed E-state index contributed by atoms with van der Waals surface area (Å²) < 4.78 is 14.2. The Morgan fingerprint density at radius 1 is 1.31 bits per heavy atom. The predicted octanol–water partition coefficient (Wildman–Crippen LogP) is 2.36. The normalized spacial score (nSPS) is 19.6. The molecule has 4 heteroatoms. The third kappa shape index (κ3) is 2.62. The molecular weight excluding hydrogens is 271 g/mol. The molecule has 0 spiro atoms. The number of piperazine rings is 1. The third-order valence-corrected chi connectivity index (χ3v) is 3.72. The summed E-state index contributed by atoms with van der Waals surface area (Å²) >= 11 is 3.50. The molecule has 1 aliphatic rings. The Bertz CT molecular complexity index is 340. The zero-order valence-electron chi connectivity index (χ0n) is 9.13. The molecule has 1 heterocycles. The molecule has 1 fully saturated rings. The number of alkyl halides is 1. The van der Waals surface area contributed by atoms with E-state index in [0.717, 1.165) is 36.2 Å². The van der Waals surface area contributed by atoms with Crippen molar-refractivity contribution in [3.63, 3.8) is 0 Å². The third-order valence-electron chi connectivity index (χ3n) is 3.00. The predicted molar refractivity (Wildman–Crippen MR) is 67.3 cm³/mol. The molecule has 2 nitrogen and oxygen atoms in total. The monoisotopic (exact) mass is 286 g/mol. The van der Waals surface area contributed by atoms with E-state index in [1.165, 1.54) is 0 Å². The van der Waals surface area contributed by atoms with Gasteiger partial charge in [-0.3, -0.25) is 4.90 Å². The molecule has 0 radical (unpaired) electrons. The summed E-state index contributed by atoms with van der Waals surface area (Å²) in [4.78, 5) is 2.20. The van der Waals surface area contributed by atoms with E-state index >= 15 is 0 Å². The highest BCUT2D eigenvalue weighted by Gasteiger charge is 2.23. The largest absolute Gasteiger partial charge is 0.314 e. The van der Waals surface area contributed by atoms with Gasteiger partial charge in [0.1, 0.15) is 6.67 Å². The van der Waals surface area contributed by atoms with Crippen molar-refractivity contribution in [2.24, 2.45) is 0 Å². The van der Waals surface area contributed by atoms with E-state index in [1.807, 2.05) is 24.3 Å². The Kier molecular flexibility index (Phi) is 4.32. The molecular formula is C12H16BrFN2. The Morgan fingerprint density at radius 3 is 2.62 bits per heavy atom. The van der Waals surface area contributed by atoms with Gasteiger partial charge in [-0.15, -0.1) is 0 Å². The van der Waals surface area contributed by atoms with Crippen LogP contribution in [-0.4, -0.2) is 37.8 Å². The highest BCUT2D eigenvalue weighted by molar-refractivity contribution is 9.10. The van der Waals surface area contributed by atoms with Crippen molar-refractivity contribution in [2.75, 3.05) is 32.9 Å². The highest BCUT2D eigenvalue weighted by atomic mass is 79.9. The van der Waals surface area contributed by atoms with Crippen molar-refractivity contribution >= 4 is 15.9 Å². The fourth-order valence-electron chi connectivity index (χ4n) is 2.12. The van der Waals surface area contributed by atoms with Gasteiger partial charge in [-0.2, -0.15) is 0 Å². The SMILES string of the molecule is FC[C@@H](c1ccccc1Br)N1CCNCC1.